The molecule has 35 heavy (non-hydrogen) atoms. The van der Waals surface area contributed by atoms with Crippen LogP contribution in [0.1, 0.15) is 47.1 Å². The maximum Gasteiger partial charge on any atom is 0.407 e. The highest BCUT2D eigenvalue weighted by atomic mass is 16.5. The van der Waals surface area contributed by atoms with Gasteiger partial charge in [-0.1, -0.05) is 62.4 Å². The molecular formula is C26H27N3O6. The molecule has 1 aliphatic carbocycles. The third kappa shape index (κ3) is 5.18. The van der Waals surface area contributed by atoms with E-state index in [0.29, 0.717) is 0 Å². The summed E-state index contributed by atoms with van der Waals surface area (Å²) < 4.78 is 10.7. The molecule has 0 radical (unpaired) electrons. The van der Waals surface area contributed by atoms with Crippen LogP contribution in [0.3, 0.4) is 0 Å². The van der Waals surface area contributed by atoms with E-state index in [4.69, 9.17) is 9.15 Å². The number of carboxylic acid groups (broad SMARTS) is 1. The van der Waals surface area contributed by atoms with Crippen LogP contribution in [-0.4, -0.2) is 41.2 Å². The molecular weight excluding hydrogens is 450 g/mol. The number of nitrogens with one attached hydrogen (secondary N) is 2. The number of aromatic nitrogens is 1. The first kappa shape index (κ1) is 24.0. The molecule has 9 heteroatoms. The summed E-state index contributed by atoms with van der Waals surface area (Å²) in [4.78, 5) is 40.1. The Morgan fingerprint density at radius 3 is 2.26 bits per heavy atom. The summed E-state index contributed by atoms with van der Waals surface area (Å²) >= 11 is 0. The van der Waals surface area contributed by atoms with Crippen LogP contribution in [-0.2, 0) is 16.1 Å². The van der Waals surface area contributed by atoms with Crippen molar-refractivity contribution in [2.45, 2.75) is 26.3 Å². The zero-order chi connectivity index (χ0) is 24.9. The van der Waals surface area contributed by atoms with Gasteiger partial charge in [0.15, 0.2) is 17.8 Å². The van der Waals surface area contributed by atoms with Crippen molar-refractivity contribution in [2.24, 2.45) is 11.8 Å². The fourth-order valence-electron chi connectivity index (χ4n) is 4.28. The van der Waals surface area contributed by atoms with Crippen LogP contribution < -0.4 is 10.6 Å². The Balaban J connectivity index is 1.32. The number of carbonyl (C=O) groups is 3. The Morgan fingerprint density at radius 1 is 1.03 bits per heavy atom. The fourth-order valence-corrected chi connectivity index (χ4v) is 4.28. The summed E-state index contributed by atoms with van der Waals surface area (Å²) in [5.74, 6) is -2.36. The Morgan fingerprint density at radius 2 is 1.66 bits per heavy atom. The normalized spacial score (nSPS) is 13.1. The smallest absolute Gasteiger partial charge is 0.407 e. The van der Waals surface area contributed by atoms with Gasteiger partial charge in [0.05, 0.1) is 12.5 Å². The Kier molecular flexibility index (Phi) is 7.14. The zero-order valence-corrected chi connectivity index (χ0v) is 19.5. The lowest BCUT2D eigenvalue weighted by atomic mass is 9.96. The first-order chi connectivity index (χ1) is 16.9. The maximum atomic E-state index is 12.5. The first-order valence-electron chi connectivity index (χ1n) is 11.4. The largest absolute Gasteiger partial charge is 0.481 e. The third-order valence-electron chi connectivity index (χ3n) is 6.20. The molecule has 0 saturated heterocycles. The summed E-state index contributed by atoms with van der Waals surface area (Å²) in [6.45, 7) is 3.55. The molecule has 3 N–H and O–H groups in total. The number of amides is 2. The van der Waals surface area contributed by atoms with Gasteiger partial charge in [0.2, 0.25) is 0 Å². The van der Waals surface area contributed by atoms with E-state index < -0.39 is 23.9 Å². The Bertz CT molecular complexity index is 1190. The molecule has 9 nitrogen and oxygen atoms in total. The standard InChI is InChI=1S/C26H27N3O6/c1-15(2)20(25(31)32)11-27-24(30)23-22(35-14-29-23)12-28-26(33)34-13-21-18-9-5-3-7-16(18)17-8-4-6-10-19(17)21/h3-10,14-15,20-21H,11-13H2,1-2H3,(H,27,30)(H,28,33)(H,31,32). The predicted octanol–water partition coefficient (Wildman–Crippen LogP) is 3.80. The number of ether oxygens (including phenoxy) is 1. The number of rotatable bonds is 9. The molecule has 0 spiro atoms. The van der Waals surface area contributed by atoms with Crippen LogP contribution in [0.5, 0.6) is 0 Å². The van der Waals surface area contributed by atoms with Crippen molar-refractivity contribution in [2.75, 3.05) is 13.2 Å². The first-order valence-corrected chi connectivity index (χ1v) is 11.4. The van der Waals surface area contributed by atoms with Crippen LogP contribution in [0.15, 0.2) is 59.3 Å². The quantitative estimate of drug-likeness (QED) is 0.427. The van der Waals surface area contributed by atoms with Crippen LogP contribution in [0.2, 0.25) is 0 Å². The number of alkyl carbamates (subject to hydrolysis) is 1. The minimum atomic E-state index is -0.988. The summed E-state index contributed by atoms with van der Waals surface area (Å²) in [7, 11) is 0. The molecule has 1 aromatic heterocycles. The van der Waals surface area contributed by atoms with Gasteiger partial charge < -0.3 is 24.9 Å². The Hall–Kier alpha value is -4.14. The molecule has 0 aliphatic heterocycles. The number of oxazole rings is 1. The minimum Gasteiger partial charge on any atom is -0.481 e. The lowest BCUT2D eigenvalue weighted by molar-refractivity contribution is -0.142. The zero-order valence-electron chi connectivity index (χ0n) is 19.5. The second-order valence-corrected chi connectivity index (χ2v) is 8.70. The molecule has 1 unspecified atom stereocenters. The number of aliphatic carboxylic acids is 1. The van der Waals surface area contributed by atoms with E-state index in [1.54, 1.807) is 13.8 Å². The van der Waals surface area contributed by atoms with Gasteiger partial charge in [-0.2, -0.15) is 0 Å². The lowest BCUT2D eigenvalue weighted by Gasteiger charge is -2.16. The monoisotopic (exact) mass is 477 g/mol. The number of benzene rings is 2. The van der Waals surface area contributed by atoms with E-state index in [1.807, 2.05) is 36.4 Å². The van der Waals surface area contributed by atoms with E-state index >= 15 is 0 Å². The van der Waals surface area contributed by atoms with Gasteiger partial charge in [0.1, 0.15) is 6.61 Å². The van der Waals surface area contributed by atoms with Gasteiger partial charge in [-0.3, -0.25) is 9.59 Å². The summed E-state index contributed by atoms with van der Waals surface area (Å²) in [6.07, 6.45) is 0.446. The second-order valence-electron chi connectivity index (χ2n) is 8.70. The average molecular weight is 478 g/mol. The van der Waals surface area contributed by atoms with E-state index in [9.17, 15) is 19.5 Å². The Labute approximate surface area is 202 Å². The highest BCUT2D eigenvalue weighted by molar-refractivity contribution is 5.93. The summed E-state index contributed by atoms with van der Waals surface area (Å²) in [5.41, 5.74) is 4.47. The number of hydrogen-bond donors (Lipinski definition) is 3. The van der Waals surface area contributed by atoms with E-state index in [0.717, 1.165) is 28.6 Å². The molecule has 0 fully saturated rings. The van der Waals surface area contributed by atoms with Crippen molar-refractivity contribution in [3.63, 3.8) is 0 Å². The van der Waals surface area contributed by atoms with Crippen LogP contribution in [0.25, 0.3) is 11.1 Å². The molecule has 2 aromatic carbocycles. The fraction of sp³-hybridized carbons (Fsp3) is 0.308. The molecule has 182 valence electrons. The van der Waals surface area contributed by atoms with Crippen LogP contribution >= 0.6 is 0 Å². The lowest BCUT2D eigenvalue weighted by Crippen LogP contribution is -2.36. The highest BCUT2D eigenvalue weighted by Gasteiger charge is 2.29. The van der Waals surface area contributed by atoms with Gasteiger partial charge in [0.25, 0.3) is 5.91 Å². The van der Waals surface area contributed by atoms with Crippen LogP contribution in [0, 0.1) is 11.8 Å². The highest BCUT2D eigenvalue weighted by Crippen LogP contribution is 2.44. The second kappa shape index (κ2) is 10.4. The summed E-state index contributed by atoms with van der Waals surface area (Å²) in [6, 6.07) is 16.1. The van der Waals surface area contributed by atoms with Gasteiger partial charge >= 0.3 is 12.1 Å². The van der Waals surface area contributed by atoms with Gasteiger partial charge in [0, 0.05) is 12.5 Å². The topological polar surface area (TPSA) is 131 Å². The van der Waals surface area contributed by atoms with E-state index in [-0.39, 0.29) is 43.0 Å². The number of fused-ring (bicyclic) bond motifs is 3. The van der Waals surface area contributed by atoms with Gasteiger partial charge in [-0.05, 0) is 28.2 Å². The van der Waals surface area contributed by atoms with Crippen LogP contribution in [0.4, 0.5) is 4.79 Å². The molecule has 0 saturated carbocycles. The summed E-state index contributed by atoms with van der Waals surface area (Å²) in [5, 5.41) is 14.4. The number of nitrogens with zero attached hydrogens (tertiary/aromatic N) is 1. The predicted molar refractivity (Wildman–Crippen MR) is 127 cm³/mol. The van der Waals surface area contributed by atoms with Gasteiger partial charge in [-0.15, -0.1) is 0 Å². The van der Waals surface area contributed by atoms with Crippen molar-refractivity contribution >= 4 is 18.0 Å². The van der Waals surface area contributed by atoms with Crippen molar-refractivity contribution < 1.29 is 28.6 Å². The number of carbonyl (C=O) groups excluding carboxylic acids is 2. The van der Waals surface area contributed by atoms with E-state index in [1.165, 1.54) is 0 Å². The number of hydrogen-bond acceptors (Lipinski definition) is 6. The van der Waals surface area contributed by atoms with Crippen molar-refractivity contribution in [1.82, 2.24) is 15.6 Å². The van der Waals surface area contributed by atoms with Crippen molar-refractivity contribution in [1.29, 1.82) is 0 Å². The molecule has 1 heterocycles. The molecule has 1 atom stereocenters. The molecule has 4 rings (SSSR count). The molecule has 2 amide bonds. The van der Waals surface area contributed by atoms with Crippen molar-refractivity contribution in [3.8, 4) is 11.1 Å². The molecule has 1 aliphatic rings. The van der Waals surface area contributed by atoms with E-state index in [2.05, 4.69) is 27.8 Å². The SMILES string of the molecule is CC(C)C(CNC(=O)c1ncoc1CNC(=O)OCC1c2ccccc2-c2ccccc21)C(=O)O. The molecule has 3 aromatic rings. The van der Waals surface area contributed by atoms with Gasteiger partial charge in [-0.25, -0.2) is 9.78 Å². The molecule has 0 bridgehead atoms. The van der Waals surface area contributed by atoms with Crippen molar-refractivity contribution in [3.05, 3.63) is 77.5 Å². The minimum absolute atomic E-state index is 0.0168. The third-order valence-corrected chi connectivity index (χ3v) is 6.20. The maximum absolute atomic E-state index is 12.5. The average Bonchev–Trinajstić information content (AvgIpc) is 3.44. The number of carboxylic acids is 1.